The SMILES string of the molecule is Nc1cccnc1-c1ccc(C(=O)NC2CN3CCC2CC3)cc1. The number of piperidine rings is 3. The number of aromatic nitrogens is 1. The Hall–Kier alpha value is -2.40. The number of carbonyl (C=O) groups excluding carboxylic acids is 1. The van der Waals surface area contributed by atoms with Gasteiger partial charge in [-0.2, -0.15) is 0 Å². The smallest absolute Gasteiger partial charge is 0.251 e. The van der Waals surface area contributed by atoms with Crippen molar-refractivity contribution in [3.63, 3.8) is 0 Å². The van der Waals surface area contributed by atoms with Crippen molar-refractivity contribution in [2.45, 2.75) is 18.9 Å². The van der Waals surface area contributed by atoms with Gasteiger partial charge >= 0.3 is 0 Å². The Morgan fingerprint density at radius 3 is 2.54 bits per heavy atom. The van der Waals surface area contributed by atoms with Crippen LogP contribution in [0.15, 0.2) is 42.6 Å². The third kappa shape index (κ3) is 2.87. The third-order valence-electron chi connectivity index (χ3n) is 5.23. The first-order valence-electron chi connectivity index (χ1n) is 8.55. The standard InChI is InChI=1S/C19H22N4O/c20-16-2-1-9-21-18(16)14-3-5-15(6-4-14)19(24)22-17-12-23-10-7-13(17)8-11-23/h1-6,9,13,17H,7-8,10-12,20H2,(H,22,24). The van der Waals surface area contributed by atoms with E-state index in [1.54, 1.807) is 6.20 Å². The minimum Gasteiger partial charge on any atom is -0.397 e. The van der Waals surface area contributed by atoms with E-state index in [1.807, 2.05) is 36.4 Å². The summed E-state index contributed by atoms with van der Waals surface area (Å²) in [6.45, 7) is 3.34. The largest absolute Gasteiger partial charge is 0.397 e. The number of hydrogen-bond donors (Lipinski definition) is 2. The maximum Gasteiger partial charge on any atom is 0.251 e. The van der Waals surface area contributed by atoms with Crippen molar-refractivity contribution >= 4 is 11.6 Å². The van der Waals surface area contributed by atoms with Gasteiger partial charge in [-0.15, -0.1) is 0 Å². The number of nitrogens with zero attached hydrogens (tertiary/aromatic N) is 2. The summed E-state index contributed by atoms with van der Waals surface area (Å²) in [4.78, 5) is 19.3. The van der Waals surface area contributed by atoms with Crippen molar-refractivity contribution in [3.8, 4) is 11.3 Å². The van der Waals surface area contributed by atoms with Crippen LogP contribution in [0.5, 0.6) is 0 Å². The second kappa shape index (κ2) is 6.24. The van der Waals surface area contributed by atoms with E-state index in [-0.39, 0.29) is 11.9 Å². The molecule has 4 heterocycles. The van der Waals surface area contributed by atoms with Gasteiger partial charge in [-0.25, -0.2) is 0 Å². The maximum absolute atomic E-state index is 12.5. The van der Waals surface area contributed by atoms with Crippen LogP contribution in [-0.2, 0) is 0 Å². The number of hydrogen-bond acceptors (Lipinski definition) is 4. The Morgan fingerprint density at radius 2 is 1.92 bits per heavy atom. The first-order chi connectivity index (χ1) is 11.7. The van der Waals surface area contributed by atoms with Gasteiger partial charge in [0.15, 0.2) is 0 Å². The number of rotatable bonds is 3. The molecule has 124 valence electrons. The Morgan fingerprint density at radius 1 is 1.17 bits per heavy atom. The van der Waals surface area contributed by atoms with Crippen molar-refractivity contribution in [2.24, 2.45) is 5.92 Å². The quantitative estimate of drug-likeness (QED) is 0.908. The molecular weight excluding hydrogens is 300 g/mol. The zero-order chi connectivity index (χ0) is 16.5. The van der Waals surface area contributed by atoms with E-state index in [2.05, 4.69) is 15.2 Å². The fourth-order valence-corrected chi connectivity index (χ4v) is 3.82. The third-order valence-corrected chi connectivity index (χ3v) is 5.23. The summed E-state index contributed by atoms with van der Waals surface area (Å²) in [5.41, 5.74) is 8.96. The van der Waals surface area contributed by atoms with Crippen LogP contribution in [0, 0.1) is 5.92 Å². The molecule has 5 nitrogen and oxygen atoms in total. The van der Waals surface area contributed by atoms with E-state index in [0.717, 1.165) is 17.8 Å². The lowest BCUT2D eigenvalue weighted by Gasteiger charge is -2.44. The van der Waals surface area contributed by atoms with Crippen molar-refractivity contribution in [3.05, 3.63) is 48.2 Å². The average Bonchev–Trinajstić information content (AvgIpc) is 2.63. The molecule has 0 spiro atoms. The Labute approximate surface area is 141 Å². The topological polar surface area (TPSA) is 71.2 Å². The molecule has 5 heteroatoms. The Kier molecular flexibility index (Phi) is 3.94. The van der Waals surface area contributed by atoms with E-state index in [1.165, 1.54) is 25.9 Å². The Balaban J connectivity index is 1.47. The number of anilines is 1. The molecule has 5 rings (SSSR count). The summed E-state index contributed by atoms with van der Waals surface area (Å²) in [6.07, 6.45) is 4.12. The summed E-state index contributed by atoms with van der Waals surface area (Å²) < 4.78 is 0. The second-order valence-electron chi connectivity index (χ2n) is 6.74. The van der Waals surface area contributed by atoms with Gasteiger partial charge in [0.2, 0.25) is 0 Å². The zero-order valence-electron chi connectivity index (χ0n) is 13.6. The highest BCUT2D eigenvalue weighted by atomic mass is 16.1. The highest BCUT2D eigenvalue weighted by molar-refractivity contribution is 5.95. The van der Waals surface area contributed by atoms with Gasteiger partial charge in [0, 0.05) is 29.9 Å². The number of carbonyl (C=O) groups is 1. The van der Waals surface area contributed by atoms with Gasteiger partial charge in [-0.3, -0.25) is 9.78 Å². The lowest BCUT2D eigenvalue weighted by Crippen LogP contribution is -2.57. The fraction of sp³-hybridized carbons (Fsp3) is 0.368. The second-order valence-corrected chi connectivity index (χ2v) is 6.74. The van der Waals surface area contributed by atoms with E-state index < -0.39 is 0 Å². The molecule has 1 unspecified atom stereocenters. The van der Waals surface area contributed by atoms with Crippen LogP contribution in [0.2, 0.25) is 0 Å². The highest BCUT2D eigenvalue weighted by Crippen LogP contribution is 2.28. The van der Waals surface area contributed by atoms with Crippen LogP contribution in [-0.4, -0.2) is 41.5 Å². The van der Waals surface area contributed by atoms with Gasteiger partial charge < -0.3 is 16.0 Å². The lowest BCUT2D eigenvalue weighted by molar-refractivity contribution is 0.0620. The number of nitrogens with one attached hydrogen (secondary N) is 1. The number of nitrogens with two attached hydrogens (primary N) is 1. The number of benzene rings is 1. The summed E-state index contributed by atoms with van der Waals surface area (Å²) >= 11 is 0. The van der Waals surface area contributed by atoms with Gasteiger partial charge in [-0.05, 0) is 56.1 Å². The minimum absolute atomic E-state index is 0.00860. The molecule has 3 aliphatic heterocycles. The molecule has 3 aliphatic rings. The molecule has 2 bridgehead atoms. The predicted octanol–water partition coefficient (Wildman–Crippen LogP) is 2.15. The number of fused-ring (bicyclic) bond motifs is 3. The molecule has 3 fully saturated rings. The van der Waals surface area contributed by atoms with Gasteiger partial charge in [0.25, 0.3) is 5.91 Å². The molecular formula is C19H22N4O. The van der Waals surface area contributed by atoms with Gasteiger partial charge in [-0.1, -0.05) is 12.1 Å². The molecule has 1 aromatic carbocycles. The van der Waals surface area contributed by atoms with Crippen molar-refractivity contribution in [1.82, 2.24) is 15.2 Å². The number of nitrogen functional groups attached to an aromatic ring is 1. The number of pyridine rings is 1. The molecule has 3 saturated heterocycles. The van der Waals surface area contributed by atoms with E-state index in [0.29, 0.717) is 17.2 Å². The van der Waals surface area contributed by atoms with E-state index in [4.69, 9.17) is 5.73 Å². The summed E-state index contributed by atoms with van der Waals surface area (Å²) in [5.74, 6) is 0.640. The highest BCUT2D eigenvalue weighted by Gasteiger charge is 2.34. The maximum atomic E-state index is 12.5. The molecule has 24 heavy (non-hydrogen) atoms. The van der Waals surface area contributed by atoms with E-state index >= 15 is 0 Å². The van der Waals surface area contributed by atoms with Crippen molar-refractivity contribution < 1.29 is 4.79 Å². The molecule has 1 amide bonds. The van der Waals surface area contributed by atoms with Crippen LogP contribution in [0.3, 0.4) is 0 Å². The monoisotopic (exact) mass is 322 g/mol. The van der Waals surface area contributed by atoms with Crippen LogP contribution in [0.4, 0.5) is 5.69 Å². The van der Waals surface area contributed by atoms with Crippen LogP contribution in [0.1, 0.15) is 23.2 Å². The molecule has 1 atom stereocenters. The molecule has 0 radical (unpaired) electrons. The van der Waals surface area contributed by atoms with Gasteiger partial charge in [0.1, 0.15) is 0 Å². The van der Waals surface area contributed by atoms with Crippen molar-refractivity contribution in [1.29, 1.82) is 0 Å². The molecule has 2 aromatic rings. The number of amides is 1. The molecule has 3 N–H and O–H groups in total. The van der Waals surface area contributed by atoms with Crippen LogP contribution >= 0.6 is 0 Å². The molecule has 0 saturated carbocycles. The van der Waals surface area contributed by atoms with E-state index in [9.17, 15) is 4.79 Å². The van der Waals surface area contributed by atoms with Gasteiger partial charge in [0.05, 0.1) is 11.4 Å². The summed E-state index contributed by atoms with van der Waals surface area (Å²) in [6, 6.07) is 11.4. The van der Waals surface area contributed by atoms with Crippen LogP contribution < -0.4 is 11.1 Å². The van der Waals surface area contributed by atoms with Crippen LogP contribution in [0.25, 0.3) is 11.3 Å². The summed E-state index contributed by atoms with van der Waals surface area (Å²) in [7, 11) is 0. The average molecular weight is 322 g/mol. The minimum atomic E-state index is 0.00860. The first kappa shape index (κ1) is 15.1. The Bertz CT molecular complexity index is 735. The summed E-state index contributed by atoms with van der Waals surface area (Å²) in [5, 5.41) is 3.22. The molecule has 1 aromatic heterocycles. The van der Waals surface area contributed by atoms with Crippen molar-refractivity contribution in [2.75, 3.05) is 25.4 Å². The fourth-order valence-electron chi connectivity index (χ4n) is 3.82. The lowest BCUT2D eigenvalue weighted by atomic mass is 9.84. The first-order valence-corrected chi connectivity index (χ1v) is 8.55. The zero-order valence-corrected chi connectivity index (χ0v) is 13.6. The predicted molar refractivity (Wildman–Crippen MR) is 94.5 cm³/mol. The molecule has 0 aliphatic carbocycles. The normalized spacial score (nSPS) is 25.4.